The minimum atomic E-state index is -0.117. The van der Waals surface area contributed by atoms with Crippen molar-refractivity contribution in [3.63, 3.8) is 0 Å². The second kappa shape index (κ2) is 7.80. The molecule has 0 saturated carbocycles. The van der Waals surface area contributed by atoms with Gasteiger partial charge >= 0.3 is 0 Å². The van der Waals surface area contributed by atoms with E-state index in [4.69, 9.17) is 0 Å². The Kier molecular flexibility index (Phi) is 5.68. The molecule has 0 spiro atoms. The average Bonchev–Trinajstić information content (AvgIpc) is 3.11. The third-order valence-corrected chi connectivity index (χ3v) is 6.67. The molecule has 0 bridgehead atoms. The van der Waals surface area contributed by atoms with Crippen LogP contribution in [0, 0.1) is 24.2 Å². The number of nitrogens with zero attached hydrogens (tertiary/aromatic N) is 4. The Bertz CT molecular complexity index is 862. The highest BCUT2D eigenvalue weighted by Gasteiger charge is 2.24. The molecule has 0 aliphatic heterocycles. The Labute approximate surface area is 162 Å². The second-order valence-corrected chi connectivity index (χ2v) is 9.05. The molecule has 6 nitrogen and oxygen atoms in total. The van der Waals surface area contributed by atoms with Gasteiger partial charge in [0.2, 0.25) is 5.91 Å². The van der Waals surface area contributed by atoms with Gasteiger partial charge in [0, 0.05) is 10.9 Å². The predicted octanol–water partition coefficient (Wildman–Crippen LogP) is 3.96. The zero-order valence-electron chi connectivity index (χ0n) is 15.5. The molecule has 8 heteroatoms. The van der Waals surface area contributed by atoms with Crippen LogP contribution in [0.15, 0.2) is 5.16 Å². The van der Waals surface area contributed by atoms with E-state index in [-0.39, 0.29) is 17.7 Å². The highest BCUT2D eigenvalue weighted by molar-refractivity contribution is 7.99. The van der Waals surface area contributed by atoms with Crippen LogP contribution in [0.1, 0.15) is 55.1 Å². The van der Waals surface area contributed by atoms with E-state index in [2.05, 4.69) is 42.4 Å². The Morgan fingerprint density at radius 3 is 2.96 bits per heavy atom. The molecule has 1 N–H and O–H groups in total. The summed E-state index contributed by atoms with van der Waals surface area (Å²) in [6.45, 7) is 8.28. The van der Waals surface area contributed by atoms with Crippen molar-refractivity contribution in [1.29, 1.82) is 5.26 Å². The van der Waals surface area contributed by atoms with Crippen LogP contribution in [0.5, 0.6) is 0 Å². The molecule has 0 fully saturated rings. The SMILES string of the molecule is Cc1nnc(SCC(=O)Nc2sc3c(c2C#N)CCC(C)C3)n1C(C)C. The fourth-order valence-electron chi connectivity index (χ4n) is 3.29. The molecule has 1 atom stereocenters. The van der Waals surface area contributed by atoms with Crippen LogP contribution < -0.4 is 5.32 Å². The summed E-state index contributed by atoms with van der Waals surface area (Å²) in [5.41, 5.74) is 1.78. The van der Waals surface area contributed by atoms with E-state index >= 15 is 0 Å². The molecule has 1 aliphatic rings. The van der Waals surface area contributed by atoms with Gasteiger partial charge in [-0.05, 0) is 51.5 Å². The molecule has 0 radical (unpaired) electrons. The number of anilines is 1. The van der Waals surface area contributed by atoms with Crippen molar-refractivity contribution in [1.82, 2.24) is 14.8 Å². The molecule has 1 amide bonds. The summed E-state index contributed by atoms with van der Waals surface area (Å²) < 4.78 is 2.02. The number of rotatable bonds is 5. The van der Waals surface area contributed by atoms with Gasteiger partial charge in [0.1, 0.15) is 16.9 Å². The number of nitriles is 1. The Morgan fingerprint density at radius 1 is 1.50 bits per heavy atom. The van der Waals surface area contributed by atoms with Crippen molar-refractivity contribution in [3.8, 4) is 6.07 Å². The summed E-state index contributed by atoms with van der Waals surface area (Å²) in [5.74, 6) is 1.61. The van der Waals surface area contributed by atoms with E-state index in [0.717, 1.165) is 35.8 Å². The second-order valence-electron chi connectivity index (χ2n) is 7.00. The van der Waals surface area contributed by atoms with Gasteiger partial charge in [-0.25, -0.2) is 0 Å². The molecule has 1 aliphatic carbocycles. The topological polar surface area (TPSA) is 83.6 Å². The van der Waals surface area contributed by atoms with Gasteiger partial charge in [0.25, 0.3) is 0 Å². The van der Waals surface area contributed by atoms with E-state index in [0.29, 0.717) is 16.5 Å². The van der Waals surface area contributed by atoms with Crippen LogP contribution in [0.2, 0.25) is 0 Å². The number of hydrogen-bond donors (Lipinski definition) is 1. The number of nitrogens with one attached hydrogen (secondary N) is 1. The molecule has 2 aromatic rings. The van der Waals surface area contributed by atoms with E-state index < -0.39 is 0 Å². The monoisotopic (exact) mass is 389 g/mol. The predicted molar refractivity (Wildman–Crippen MR) is 105 cm³/mol. The number of aryl methyl sites for hydroxylation is 1. The van der Waals surface area contributed by atoms with Crippen molar-refractivity contribution < 1.29 is 4.79 Å². The minimum absolute atomic E-state index is 0.117. The summed E-state index contributed by atoms with van der Waals surface area (Å²) in [7, 11) is 0. The van der Waals surface area contributed by atoms with E-state index in [1.807, 2.05) is 11.5 Å². The minimum Gasteiger partial charge on any atom is -0.316 e. The molecule has 0 saturated heterocycles. The smallest absolute Gasteiger partial charge is 0.235 e. The first-order valence-electron chi connectivity index (χ1n) is 8.79. The van der Waals surface area contributed by atoms with Gasteiger partial charge in [-0.15, -0.1) is 21.5 Å². The number of thioether (sulfide) groups is 1. The fraction of sp³-hybridized carbons (Fsp3) is 0.556. The van der Waals surface area contributed by atoms with Gasteiger partial charge in [0.15, 0.2) is 5.16 Å². The third kappa shape index (κ3) is 3.79. The first kappa shape index (κ1) is 18.9. The molecule has 1 unspecified atom stereocenters. The maximum atomic E-state index is 12.4. The Hall–Kier alpha value is -1.85. The van der Waals surface area contributed by atoms with Gasteiger partial charge in [-0.1, -0.05) is 18.7 Å². The molecule has 2 aromatic heterocycles. The zero-order chi connectivity index (χ0) is 18.8. The summed E-state index contributed by atoms with van der Waals surface area (Å²) in [6, 6.07) is 2.53. The summed E-state index contributed by atoms with van der Waals surface area (Å²) in [6.07, 6.45) is 3.03. The van der Waals surface area contributed by atoms with Crippen LogP contribution in [-0.2, 0) is 17.6 Å². The zero-order valence-corrected chi connectivity index (χ0v) is 17.1. The van der Waals surface area contributed by atoms with Crippen molar-refractivity contribution in [3.05, 3.63) is 21.8 Å². The van der Waals surface area contributed by atoms with Crippen molar-refractivity contribution in [2.75, 3.05) is 11.1 Å². The molecule has 0 aromatic carbocycles. The van der Waals surface area contributed by atoms with Crippen molar-refractivity contribution in [2.24, 2.45) is 5.92 Å². The Morgan fingerprint density at radius 2 is 2.27 bits per heavy atom. The highest BCUT2D eigenvalue weighted by atomic mass is 32.2. The number of thiophene rings is 1. The first-order chi connectivity index (χ1) is 12.4. The lowest BCUT2D eigenvalue weighted by molar-refractivity contribution is -0.113. The van der Waals surface area contributed by atoms with Crippen LogP contribution in [-0.4, -0.2) is 26.4 Å². The highest BCUT2D eigenvalue weighted by Crippen LogP contribution is 2.39. The van der Waals surface area contributed by atoms with Gasteiger partial charge in [0.05, 0.1) is 11.3 Å². The Balaban J connectivity index is 1.69. The lowest BCUT2D eigenvalue weighted by Gasteiger charge is -2.17. The molecular weight excluding hydrogens is 366 g/mol. The fourth-order valence-corrected chi connectivity index (χ4v) is 5.58. The van der Waals surface area contributed by atoms with Gasteiger partial charge < -0.3 is 9.88 Å². The van der Waals surface area contributed by atoms with Crippen LogP contribution >= 0.6 is 23.1 Å². The summed E-state index contributed by atoms with van der Waals surface area (Å²) >= 11 is 2.93. The molecule has 2 heterocycles. The van der Waals surface area contributed by atoms with E-state index in [1.54, 1.807) is 11.3 Å². The van der Waals surface area contributed by atoms with Crippen molar-refractivity contribution in [2.45, 2.75) is 58.2 Å². The number of fused-ring (bicyclic) bond motifs is 1. The number of amides is 1. The maximum Gasteiger partial charge on any atom is 0.235 e. The molecular formula is C18H23N5OS2. The summed E-state index contributed by atoms with van der Waals surface area (Å²) in [5, 5.41) is 22.2. The normalized spacial score (nSPS) is 16.4. The van der Waals surface area contributed by atoms with Crippen LogP contribution in [0.25, 0.3) is 0 Å². The number of carbonyl (C=O) groups excluding carboxylic acids is 1. The van der Waals surface area contributed by atoms with E-state index in [9.17, 15) is 10.1 Å². The van der Waals surface area contributed by atoms with Gasteiger partial charge in [-0.3, -0.25) is 4.79 Å². The first-order valence-corrected chi connectivity index (χ1v) is 10.6. The van der Waals surface area contributed by atoms with Crippen LogP contribution in [0.3, 0.4) is 0 Å². The lowest BCUT2D eigenvalue weighted by Crippen LogP contribution is -2.15. The molecule has 3 rings (SSSR count). The lowest BCUT2D eigenvalue weighted by atomic mass is 9.89. The summed E-state index contributed by atoms with van der Waals surface area (Å²) in [4.78, 5) is 13.7. The standard InChI is InChI=1S/C18H23N5OS2/c1-10(2)23-12(4)21-22-18(23)25-9-16(24)20-17-14(8-19)13-6-5-11(3)7-15(13)26-17/h10-11H,5-7,9H2,1-4H3,(H,20,24). The number of hydrogen-bond acceptors (Lipinski definition) is 6. The van der Waals surface area contributed by atoms with Crippen LogP contribution in [0.4, 0.5) is 5.00 Å². The largest absolute Gasteiger partial charge is 0.316 e. The molecule has 138 valence electrons. The molecule has 26 heavy (non-hydrogen) atoms. The van der Waals surface area contributed by atoms with Gasteiger partial charge in [-0.2, -0.15) is 5.26 Å². The van der Waals surface area contributed by atoms with E-state index in [1.165, 1.54) is 16.6 Å². The average molecular weight is 390 g/mol. The maximum absolute atomic E-state index is 12.4. The number of aromatic nitrogens is 3. The van der Waals surface area contributed by atoms with Crippen molar-refractivity contribution >= 4 is 34.0 Å². The number of carbonyl (C=O) groups is 1. The quantitative estimate of drug-likeness (QED) is 0.783. The third-order valence-electron chi connectivity index (χ3n) is 4.56.